The highest BCUT2D eigenvalue weighted by Gasteiger charge is 2.08. The summed E-state index contributed by atoms with van der Waals surface area (Å²) in [4.78, 5) is 2.80. The highest BCUT2D eigenvalue weighted by Crippen LogP contribution is 2.36. The molecule has 0 aliphatic rings. The standard InChI is InChI=1S/C12H11NS2/c1-6-9-3-8-4-12(13)15-11(8)5-10(9)7(2)14-6/h3-5H,13H2,1-2H3. The van der Waals surface area contributed by atoms with Crippen LogP contribution in [0.15, 0.2) is 18.2 Å². The maximum Gasteiger partial charge on any atom is 0.0868 e. The Hall–Kier alpha value is -1.06. The summed E-state index contributed by atoms with van der Waals surface area (Å²) in [6.45, 7) is 4.37. The number of benzene rings is 1. The zero-order valence-electron chi connectivity index (χ0n) is 8.63. The largest absolute Gasteiger partial charge is 0.391 e. The van der Waals surface area contributed by atoms with E-state index >= 15 is 0 Å². The van der Waals surface area contributed by atoms with Gasteiger partial charge in [0.05, 0.1) is 5.00 Å². The smallest absolute Gasteiger partial charge is 0.0868 e. The van der Waals surface area contributed by atoms with Gasteiger partial charge in [0, 0.05) is 14.5 Å². The summed E-state index contributed by atoms with van der Waals surface area (Å²) in [5, 5.41) is 4.93. The zero-order valence-corrected chi connectivity index (χ0v) is 10.3. The van der Waals surface area contributed by atoms with E-state index in [9.17, 15) is 0 Å². The summed E-state index contributed by atoms with van der Waals surface area (Å²) in [5.41, 5.74) is 5.82. The van der Waals surface area contributed by atoms with Crippen LogP contribution in [0.2, 0.25) is 0 Å². The van der Waals surface area contributed by atoms with Crippen molar-refractivity contribution in [1.29, 1.82) is 0 Å². The molecule has 0 bridgehead atoms. The Morgan fingerprint density at radius 1 is 0.933 bits per heavy atom. The van der Waals surface area contributed by atoms with Crippen LogP contribution in [0.1, 0.15) is 9.75 Å². The molecule has 2 aromatic heterocycles. The molecule has 0 fully saturated rings. The van der Waals surface area contributed by atoms with Gasteiger partial charge in [-0.15, -0.1) is 22.7 Å². The number of nitrogens with two attached hydrogens (primary N) is 1. The van der Waals surface area contributed by atoms with Crippen molar-refractivity contribution in [3.8, 4) is 0 Å². The maximum absolute atomic E-state index is 5.82. The summed E-state index contributed by atoms with van der Waals surface area (Å²) >= 11 is 3.54. The highest BCUT2D eigenvalue weighted by atomic mass is 32.1. The van der Waals surface area contributed by atoms with Gasteiger partial charge in [0.1, 0.15) is 0 Å². The molecule has 0 unspecified atom stereocenters. The second-order valence-electron chi connectivity index (χ2n) is 3.80. The molecule has 76 valence electrons. The molecule has 0 aliphatic heterocycles. The molecule has 1 aromatic carbocycles. The number of anilines is 1. The minimum Gasteiger partial charge on any atom is -0.391 e. The number of nitrogen functional groups attached to an aromatic ring is 1. The van der Waals surface area contributed by atoms with E-state index in [4.69, 9.17) is 5.73 Å². The number of hydrogen-bond acceptors (Lipinski definition) is 3. The third kappa shape index (κ3) is 1.27. The van der Waals surface area contributed by atoms with Gasteiger partial charge in [-0.2, -0.15) is 0 Å². The molecule has 0 aliphatic carbocycles. The molecule has 15 heavy (non-hydrogen) atoms. The van der Waals surface area contributed by atoms with Crippen LogP contribution in [0.5, 0.6) is 0 Å². The van der Waals surface area contributed by atoms with Crippen LogP contribution < -0.4 is 5.73 Å². The van der Waals surface area contributed by atoms with Crippen LogP contribution in [0.3, 0.4) is 0 Å². The van der Waals surface area contributed by atoms with Crippen molar-refractivity contribution in [2.45, 2.75) is 13.8 Å². The van der Waals surface area contributed by atoms with Crippen LogP contribution >= 0.6 is 22.7 Å². The van der Waals surface area contributed by atoms with Crippen molar-refractivity contribution in [2.75, 3.05) is 5.73 Å². The maximum atomic E-state index is 5.82. The highest BCUT2D eigenvalue weighted by molar-refractivity contribution is 7.22. The Labute approximate surface area is 96.1 Å². The SMILES string of the molecule is Cc1sc(C)c2cc3sc(N)cc3cc12. The van der Waals surface area contributed by atoms with E-state index in [-0.39, 0.29) is 0 Å². The van der Waals surface area contributed by atoms with Gasteiger partial charge in [0.25, 0.3) is 0 Å². The van der Waals surface area contributed by atoms with E-state index in [0.717, 1.165) is 5.00 Å². The van der Waals surface area contributed by atoms with Crippen molar-refractivity contribution in [3.63, 3.8) is 0 Å². The number of hydrogen-bond donors (Lipinski definition) is 1. The Morgan fingerprint density at radius 2 is 1.60 bits per heavy atom. The van der Waals surface area contributed by atoms with E-state index in [0.29, 0.717) is 0 Å². The lowest BCUT2D eigenvalue weighted by Crippen LogP contribution is -1.72. The first kappa shape index (κ1) is 9.19. The molecule has 1 nitrogen and oxygen atoms in total. The Bertz CT molecular complexity index is 607. The fourth-order valence-electron chi connectivity index (χ4n) is 2.03. The molecule has 0 radical (unpaired) electrons. The molecule has 3 rings (SSSR count). The van der Waals surface area contributed by atoms with E-state index in [1.165, 1.54) is 30.6 Å². The number of aryl methyl sites for hydroxylation is 2. The lowest BCUT2D eigenvalue weighted by molar-refractivity contribution is 1.69. The van der Waals surface area contributed by atoms with Gasteiger partial charge >= 0.3 is 0 Å². The number of rotatable bonds is 0. The van der Waals surface area contributed by atoms with Crippen LogP contribution in [0.25, 0.3) is 20.9 Å². The molecule has 0 atom stereocenters. The average molecular weight is 233 g/mol. The van der Waals surface area contributed by atoms with E-state index in [2.05, 4.69) is 32.0 Å². The topological polar surface area (TPSA) is 26.0 Å². The van der Waals surface area contributed by atoms with Gasteiger partial charge in [-0.05, 0) is 48.2 Å². The molecular formula is C12H11NS2. The molecule has 0 saturated carbocycles. The monoisotopic (exact) mass is 233 g/mol. The van der Waals surface area contributed by atoms with Gasteiger partial charge in [0.2, 0.25) is 0 Å². The molecular weight excluding hydrogens is 222 g/mol. The average Bonchev–Trinajstić information content (AvgIpc) is 2.65. The normalized spacial score (nSPS) is 11.6. The fraction of sp³-hybridized carbons (Fsp3) is 0.167. The Balaban J connectivity index is 2.53. The third-order valence-corrected chi connectivity index (χ3v) is 4.72. The minimum atomic E-state index is 0.900. The summed E-state index contributed by atoms with van der Waals surface area (Å²) in [5.74, 6) is 0. The summed E-state index contributed by atoms with van der Waals surface area (Å²) in [6.07, 6.45) is 0. The van der Waals surface area contributed by atoms with E-state index in [1.54, 1.807) is 11.3 Å². The first-order valence-corrected chi connectivity index (χ1v) is 6.47. The number of thiophene rings is 2. The summed E-state index contributed by atoms with van der Waals surface area (Å²) in [6, 6.07) is 6.59. The van der Waals surface area contributed by atoms with Crippen molar-refractivity contribution in [2.24, 2.45) is 0 Å². The Kier molecular flexibility index (Phi) is 1.82. The minimum absolute atomic E-state index is 0.900. The third-order valence-electron chi connectivity index (χ3n) is 2.74. The molecule has 0 amide bonds. The van der Waals surface area contributed by atoms with Crippen LogP contribution in [0.4, 0.5) is 5.00 Å². The predicted molar refractivity (Wildman–Crippen MR) is 71.1 cm³/mol. The molecule has 2 heterocycles. The lowest BCUT2D eigenvalue weighted by atomic mass is 10.1. The van der Waals surface area contributed by atoms with Crippen molar-refractivity contribution in [1.82, 2.24) is 0 Å². The Morgan fingerprint density at radius 3 is 2.33 bits per heavy atom. The zero-order chi connectivity index (χ0) is 10.6. The van der Waals surface area contributed by atoms with Crippen LogP contribution in [-0.2, 0) is 0 Å². The molecule has 3 heteroatoms. The second-order valence-corrected chi connectivity index (χ2v) is 6.34. The quantitative estimate of drug-likeness (QED) is 0.615. The van der Waals surface area contributed by atoms with Gasteiger partial charge in [-0.25, -0.2) is 0 Å². The van der Waals surface area contributed by atoms with Crippen molar-refractivity contribution >= 4 is 48.5 Å². The molecule has 0 saturated heterocycles. The second kappa shape index (κ2) is 2.97. The first-order valence-electron chi connectivity index (χ1n) is 4.84. The van der Waals surface area contributed by atoms with E-state index in [1.807, 2.05) is 11.3 Å². The first-order chi connectivity index (χ1) is 7.15. The number of fused-ring (bicyclic) bond motifs is 2. The predicted octanol–water partition coefficient (Wildman–Crippen LogP) is 4.32. The van der Waals surface area contributed by atoms with E-state index < -0.39 is 0 Å². The summed E-state index contributed by atoms with van der Waals surface area (Å²) in [7, 11) is 0. The van der Waals surface area contributed by atoms with Gasteiger partial charge < -0.3 is 5.73 Å². The fourth-order valence-corrected chi connectivity index (χ4v) is 3.90. The molecule has 3 aromatic rings. The van der Waals surface area contributed by atoms with Gasteiger partial charge in [0.15, 0.2) is 0 Å². The van der Waals surface area contributed by atoms with Crippen LogP contribution in [0, 0.1) is 13.8 Å². The van der Waals surface area contributed by atoms with Gasteiger partial charge in [-0.3, -0.25) is 0 Å². The molecule has 2 N–H and O–H groups in total. The lowest BCUT2D eigenvalue weighted by Gasteiger charge is -1.93. The summed E-state index contributed by atoms with van der Waals surface area (Å²) < 4.78 is 1.29. The van der Waals surface area contributed by atoms with Gasteiger partial charge in [-0.1, -0.05) is 0 Å². The molecule has 0 spiro atoms. The van der Waals surface area contributed by atoms with Crippen molar-refractivity contribution < 1.29 is 0 Å². The van der Waals surface area contributed by atoms with Crippen LogP contribution in [-0.4, -0.2) is 0 Å². The van der Waals surface area contributed by atoms with Crippen molar-refractivity contribution in [3.05, 3.63) is 28.0 Å².